The minimum Gasteiger partial charge on any atom is -0.397 e. The molecule has 0 aromatic heterocycles. The zero-order valence-corrected chi connectivity index (χ0v) is 10.7. The number of hydrogen-bond acceptors (Lipinski definition) is 2. The zero-order chi connectivity index (χ0) is 11.7. The van der Waals surface area contributed by atoms with Gasteiger partial charge in [-0.25, -0.2) is 0 Å². The van der Waals surface area contributed by atoms with Crippen molar-refractivity contribution in [3.05, 3.63) is 0 Å². The molecular weight excluding hydrogens is 174 g/mol. The van der Waals surface area contributed by atoms with Gasteiger partial charge in [0.2, 0.25) is 0 Å². The lowest BCUT2D eigenvalue weighted by Gasteiger charge is -1.86. The highest BCUT2D eigenvalue weighted by Crippen LogP contribution is 1.95. The van der Waals surface area contributed by atoms with Gasteiger partial charge in [-0.3, -0.25) is 0 Å². The fourth-order valence-corrected chi connectivity index (χ4v) is 0.704. The summed E-state index contributed by atoms with van der Waals surface area (Å²) in [6, 6.07) is 0. The van der Waals surface area contributed by atoms with Crippen molar-refractivity contribution in [2.45, 2.75) is 66.2 Å². The number of nitrogens with two attached hydrogens (primary N) is 1. The van der Waals surface area contributed by atoms with Crippen molar-refractivity contribution in [3.63, 3.8) is 0 Å². The van der Waals surface area contributed by atoms with Gasteiger partial charge in [0.05, 0.1) is 0 Å². The van der Waals surface area contributed by atoms with Crippen molar-refractivity contribution in [2.24, 2.45) is 5.73 Å². The molecule has 0 aliphatic rings. The molecule has 0 aromatic rings. The second-order valence-electron chi connectivity index (χ2n) is 3.17. The van der Waals surface area contributed by atoms with Crippen LogP contribution < -0.4 is 5.73 Å². The van der Waals surface area contributed by atoms with E-state index in [1.807, 2.05) is 0 Å². The van der Waals surface area contributed by atoms with Gasteiger partial charge in [0.1, 0.15) is 0 Å². The molecule has 0 amide bonds. The van der Waals surface area contributed by atoms with Gasteiger partial charge in [0, 0.05) is 6.61 Å². The third-order valence-corrected chi connectivity index (χ3v) is 1.51. The first-order chi connectivity index (χ1) is 6.74. The first-order valence-corrected chi connectivity index (χ1v) is 6.05. The summed E-state index contributed by atoms with van der Waals surface area (Å²) >= 11 is 0. The number of aliphatic hydroxyl groups is 1. The fourth-order valence-electron chi connectivity index (χ4n) is 0.704. The predicted octanol–water partition coefficient (Wildman–Crippen LogP) is 3.33. The van der Waals surface area contributed by atoms with Crippen LogP contribution in [0.15, 0.2) is 0 Å². The van der Waals surface area contributed by atoms with Crippen LogP contribution in [0.3, 0.4) is 0 Å². The quantitative estimate of drug-likeness (QED) is 0.676. The van der Waals surface area contributed by atoms with Gasteiger partial charge in [-0.15, -0.1) is 0 Å². The highest BCUT2D eigenvalue weighted by molar-refractivity contribution is 4.31. The van der Waals surface area contributed by atoms with E-state index >= 15 is 0 Å². The lowest BCUT2D eigenvalue weighted by atomic mass is 10.2. The summed E-state index contributed by atoms with van der Waals surface area (Å²) in [5, 5.41) is 7.57. The highest BCUT2D eigenvalue weighted by atomic mass is 16.2. The molecule has 0 heterocycles. The Hall–Kier alpha value is -0.0800. The average molecular weight is 205 g/mol. The Labute approximate surface area is 90.9 Å². The maximum absolute atomic E-state index is 7.57. The lowest BCUT2D eigenvalue weighted by Crippen LogP contribution is -1.95. The van der Waals surface area contributed by atoms with E-state index in [1.54, 1.807) is 6.92 Å². The van der Waals surface area contributed by atoms with Gasteiger partial charge >= 0.3 is 0 Å². The molecule has 0 spiro atoms. The maximum atomic E-state index is 7.57. The SMILES string of the molecule is CCCCCC.CCCCN.CCO. The molecule has 0 aliphatic heterocycles. The molecule has 0 saturated carbocycles. The van der Waals surface area contributed by atoms with Crippen LogP contribution in [0, 0.1) is 0 Å². The molecule has 0 bridgehead atoms. The summed E-state index contributed by atoms with van der Waals surface area (Å²) in [5.41, 5.74) is 5.14. The fraction of sp³-hybridized carbons (Fsp3) is 1.00. The monoisotopic (exact) mass is 205 g/mol. The minimum atomic E-state index is 0.250. The Morgan fingerprint density at radius 2 is 1.07 bits per heavy atom. The highest BCUT2D eigenvalue weighted by Gasteiger charge is 1.75. The molecule has 90 valence electrons. The third kappa shape index (κ3) is 58.7. The molecule has 0 radical (unpaired) electrons. The summed E-state index contributed by atoms with van der Waals surface area (Å²) in [7, 11) is 0. The molecule has 0 aromatic carbocycles. The van der Waals surface area contributed by atoms with Crippen LogP contribution in [0.5, 0.6) is 0 Å². The Kier molecular flexibility index (Phi) is 40.7. The van der Waals surface area contributed by atoms with E-state index in [0.717, 1.165) is 6.54 Å². The van der Waals surface area contributed by atoms with Gasteiger partial charge in [0.15, 0.2) is 0 Å². The van der Waals surface area contributed by atoms with E-state index in [0.29, 0.717) is 0 Å². The second-order valence-corrected chi connectivity index (χ2v) is 3.17. The molecule has 2 nitrogen and oxygen atoms in total. The predicted molar refractivity (Wildman–Crippen MR) is 66.5 cm³/mol. The van der Waals surface area contributed by atoms with Crippen LogP contribution in [0.2, 0.25) is 0 Å². The Bertz CT molecular complexity index is 52.3. The second kappa shape index (κ2) is 29.3. The van der Waals surface area contributed by atoms with Crippen molar-refractivity contribution in [3.8, 4) is 0 Å². The van der Waals surface area contributed by atoms with Crippen molar-refractivity contribution in [1.29, 1.82) is 0 Å². The minimum absolute atomic E-state index is 0.250. The third-order valence-electron chi connectivity index (χ3n) is 1.51. The summed E-state index contributed by atoms with van der Waals surface area (Å²) in [5.74, 6) is 0. The molecule has 0 fully saturated rings. The summed E-state index contributed by atoms with van der Waals surface area (Å²) in [6.07, 6.45) is 7.92. The molecule has 0 unspecified atom stereocenters. The van der Waals surface area contributed by atoms with E-state index in [-0.39, 0.29) is 6.61 Å². The molecule has 0 saturated heterocycles. The molecule has 0 rings (SSSR count). The molecule has 0 atom stereocenters. The van der Waals surface area contributed by atoms with E-state index in [2.05, 4.69) is 20.8 Å². The van der Waals surface area contributed by atoms with E-state index in [9.17, 15) is 0 Å². The van der Waals surface area contributed by atoms with Crippen molar-refractivity contribution < 1.29 is 5.11 Å². The van der Waals surface area contributed by atoms with Crippen LogP contribution in [0.25, 0.3) is 0 Å². The average Bonchev–Trinajstić information content (AvgIpc) is 2.18. The molecular formula is C12H31NO. The van der Waals surface area contributed by atoms with Gasteiger partial charge in [-0.05, 0) is 19.9 Å². The summed E-state index contributed by atoms with van der Waals surface area (Å²) in [6.45, 7) is 9.37. The lowest BCUT2D eigenvalue weighted by molar-refractivity contribution is 0.318. The van der Waals surface area contributed by atoms with Crippen molar-refractivity contribution in [2.75, 3.05) is 13.2 Å². The van der Waals surface area contributed by atoms with Crippen LogP contribution >= 0.6 is 0 Å². The van der Waals surface area contributed by atoms with E-state index in [1.165, 1.54) is 38.5 Å². The zero-order valence-electron chi connectivity index (χ0n) is 10.7. The summed E-state index contributed by atoms with van der Waals surface area (Å²) < 4.78 is 0. The smallest absolute Gasteiger partial charge is 0.0402 e. The van der Waals surface area contributed by atoms with Crippen molar-refractivity contribution >= 4 is 0 Å². The standard InChI is InChI=1S/C6H14.C4H11N.C2H6O/c1-3-5-6-4-2;1-2-3-4-5;1-2-3/h3-6H2,1-2H3;2-5H2,1H3;3H,2H2,1H3. The van der Waals surface area contributed by atoms with Crippen LogP contribution in [-0.2, 0) is 0 Å². The van der Waals surface area contributed by atoms with Crippen LogP contribution in [-0.4, -0.2) is 18.3 Å². The van der Waals surface area contributed by atoms with E-state index < -0.39 is 0 Å². The van der Waals surface area contributed by atoms with Crippen LogP contribution in [0.4, 0.5) is 0 Å². The number of hydrogen-bond donors (Lipinski definition) is 2. The normalized spacial score (nSPS) is 8.14. The van der Waals surface area contributed by atoms with Gasteiger partial charge in [-0.2, -0.15) is 0 Å². The first kappa shape index (κ1) is 19.5. The van der Waals surface area contributed by atoms with E-state index in [4.69, 9.17) is 10.8 Å². The Morgan fingerprint density at radius 1 is 0.786 bits per heavy atom. The number of rotatable bonds is 5. The molecule has 14 heavy (non-hydrogen) atoms. The molecule has 0 aliphatic carbocycles. The van der Waals surface area contributed by atoms with Gasteiger partial charge in [-0.1, -0.05) is 52.9 Å². The largest absolute Gasteiger partial charge is 0.397 e. The van der Waals surface area contributed by atoms with Gasteiger partial charge in [0.25, 0.3) is 0 Å². The number of unbranched alkanes of at least 4 members (excludes halogenated alkanes) is 4. The summed E-state index contributed by atoms with van der Waals surface area (Å²) in [4.78, 5) is 0. The Balaban J connectivity index is -0.000000138. The van der Waals surface area contributed by atoms with Crippen LogP contribution in [0.1, 0.15) is 66.2 Å². The topological polar surface area (TPSA) is 46.2 Å². The Morgan fingerprint density at radius 3 is 1.14 bits per heavy atom. The maximum Gasteiger partial charge on any atom is 0.0402 e. The number of aliphatic hydroxyl groups excluding tert-OH is 1. The molecule has 2 heteroatoms. The van der Waals surface area contributed by atoms with Gasteiger partial charge < -0.3 is 10.8 Å². The van der Waals surface area contributed by atoms with Crippen molar-refractivity contribution in [1.82, 2.24) is 0 Å². The first-order valence-electron chi connectivity index (χ1n) is 6.05. The molecule has 3 N–H and O–H groups in total.